The largest absolute Gasteiger partial charge is 0.489 e. The van der Waals surface area contributed by atoms with Crippen molar-refractivity contribution in [3.8, 4) is 5.75 Å². The molecule has 0 aliphatic carbocycles. The summed E-state index contributed by atoms with van der Waals surface area (Å²) in [6, 6.07) is 7.22. The van der Waals surface area contributed by atoms with Crippen LogP contribution in [0.3, 0.4) is 0 Å². The van der Waals surface area contributed by atoms with Crippen molar-refractivity contribution in [2.45, 2.75) is 90.3 Å². The minimum atomic E-state index is -0.471. The number of fused-ring (bicyclic) bond motifs is 2. The van der Waals surface area contributed by atoms with Gasteiger partial charge in [0.05, 0.1) is 10.6 Å². The standard InChI is InChI=1S/C21H31BrN2O3/c1-13(2)26-19-14(7-6-8-16(19)22)12-24-15-9-10-18(24)17(11-15)23-20(25)27-21(3,4)5/h6-8,13,15,17-18H,9-12H2,1-5H3,(H,23,25)/t15-,17+,18+/m1/s1. The van der Waals surface area contributed by atoms with Gasteiger partial charge in [0.25, 0.3) is 0 Å². The van der Waals surface area contributed by atoms with Crippen LogP contribution >= 0.6 is 15.9 Å². The van der Waals surface area contributed by atoms with Gasteiger partial charge in [0.15, 0.2) is 0 Å². The average molecular weight is 439 g/mol. The summed E-state index contributed by atoms with van der Waals surface area (Å²) < 4.78 is 12.5. The molecule has 27 heavy (non-hydrogen) atoms. The topological polar surface area (TPSA) is 50.8 Å². The second kappa shape index (κ2) is 8.00. The second-order valence-electron chi connectivity index (χ2n) is 8.85. The van der Waals surface area contributed by atoms with Crippen molar-refractivity contribution >= 4 is 22.0 Å². The first kappa shape index (κ1) is 20.5. The van der Waals surface area contributed by atoms with Gasteiger partial charge in [0.1, 0.15) is 11.4 Å². The van der Waals surface area contributed by atoms with E-state index in [0.29, 0.717) is 12.1 Å². The van der Waals surface area contributed by atoms with Crippen LogP contribution in [0.2, 0.25) is 0 Å². The van der Waals surface area contributed by atoms with Gasteiger partial charge in [-0.15, -0.1) is 0 Å². The van der Waals surface area contributed by atoms with Gasteiger partial charge < -0.3 is 14.8 Å². The zero-order valence-corrected chi connectivity index (χ0v) is 18.5. The van der Waals surface area contributed by atoms with Gasteiger partial charge in [0.2, 0.25) is 0 Å². The number of alkyl carbamates (subject to hydrolysis) is 1. The fourth-order valence-electron chi connectivity index (χ4n) is 4.20. The van der Waals surface area contributed by atoms with Crippen LogP contribution in [0.1, 0.15) is 59.4 Å². The first-order valence-electron chi connectivity index (χ1n) is 9.83. The van der Waals surface area contributed by atoms with E-state index in [1.54, 1.807) is 0 Å². The van der Waals surface area contributed by atoms with E-state index in [1.165, 1.54) is 12.0 Å². The lowest BCUT2D eigenvalue weighted by molar-refractivity contribution is 0.0491. The van der Waals surface area contributed by atoms with Crippen LogP contribution in [0.15, 0.2) is 22.7 Å². The lowest BCUT2D eigenvalue weighted by atomic mass is 9.96. The van der Waals surface area contributed by atoms with E-state index >= 15 is 0 Å². The fraction of sp³-hybridized carbons (Fsp3) is 0.667. The molecular weight excluding hydrogens is 408 g/mol. The molecule has 2 fully saturated rings. The minimum absolute atomic E-state index is 0.124. The highest BCUT2D eigenvalue weighted by molar-refractivity contribution is 9.10. The quantitative estimate of drug-likeness (QED) is 0.712. The molecule has 0 spiro atoms. The monoisotopic (exact) mass is 438 g/mol. The van der Waals surface area contributed by atoms with E-state index in [-0.39, 0.29) is 18.2 Å². The molecule has 5 nitrogen and oxygen atoms in total. The summed E-state index contributed by atoms with van der Waals surface area (Å²) in [6.07, 6.45) is 3.09. The van der Waals surface area contributed by atoms with Gasteiger partial charge in [-0.2, -0.15) is 0 Å². The lowest BCUT2D eigenvalue weighted by Gasteiger charge is -2.27. The van der Waals surface area contributed by atoms with Crippen LogP contribution in [0.4, 0.5) is 4.79 Å². The smallest absolute Gasteiger partial charge is 0.407 e. The Morgan fingerprint density at radius 1 is 1.33 bits per heavy atom. The Bertz CT molecular complexity index is 686. The Morgan fingerprint density at radius 3 is 2.74 bits per heavy atom. The first-order chi connectivity index (χ1) is 12.6. The van der Waals surface area contributed by atoms with Gasteiger partial charge in [0, 0.05) is 30.2 Å². The summed E-state index contributed by atoms with van der Waals surface area (Å²) in [4.78, 5) is 14.7. The summed E-state index contributed by atoms with van der Waals surface area (Å²) in [5.41, 5.74) is 0.716. The van der Waals surface area contributed by atoms with Crippen molar-refractivity contribution in [3.05, 3.63) is 28.2 Å². The molecule has 2 heterocycles. The van der Waals surface area contributed by atoms with E-state index in [9.17, 15) is 4.79 Å². The van der Waals surface area contributed by atoms with E-state index in [4.69, 9.17) is 9.47 Å². The number of hydrogen-bond donors (Lipinski definition) is 1. The Labute approximate surface area is 170 Å². The van der Waals surface area contributed by atoms with Crippen molar-refractivity contribution in [3.63, 3.8) is 0 Å². The van der Waals surface area contributed by atoms with Crippen LogP contribution in [0, 0.1) is 0 Å². The Balaban J connectivity index is 1.69. The van der Waals surface area contributed by atoms with Crippen LogP contribution in [-0.2, 0) is 11.3 Å². The van der Waals surface area contributed by atoms with Gasteiger partial charge >= 0.3 is 6.09 Å². The molecule has 2 bridgehead atoms. The van der Waals surface area contributed by atoms with Crippen molar-refractivity contribution in [1.82, 2.24) is 10.2 Å². The maximum Gasteiger partial charge on any atom is 0.407 e. The van der Waals surface area contributed by atoms with Crippen LogP contribution in [-0.4, -0.2) is 40.8 Å². The van der Waals surface area contributed by atoms with Gasteiger partial charge in [-0.05, 0) is 75.9 Å². The number of para-hydroxylation sites is 1. The zero-order valence-electron chi connectivity index (χ0n) is 16.9. The number of halogens is 1. The normalized spacial score (nSPS) is 25.1. The maximum absolute atomic E-state index is 12.2. The molecule has 2 aliphatic heterocycles. The van der Waals surface area contributed by atoms with Crippen molar-refractivity contribution in [2.24, 2.45) is 0 Å². The van der Waals surface area contributed by atoms with Gasteiger partial charge in [-0.3, -0.25) is 4.90 Å². The Kier molecular flexibility index (Phi) is 6.06. The number of rotatable bonds is 5. The molecular formula is C21H31BrN2O3. The van der Waals surface area contributed by atoms with Crippen LogP contribution in [0.5, 0.6) is 5.75 Å². The average Bonchev–Trinajstić information content (AvgIpc) is 3.05. The highest BCUT2D eigenvalue weighted by Gasteiger charge is 2.47. The third kappa shape index (κ3) is 4.96. The van der Waals surface area contributed by atoms with E-state index in [0.717, 1.165) is 29.6 Å². The predicted octanol–water partition coefficient (Wildman–Crippen LogP) is 4.87. The van der Waals surface area contributed by atoms with Crippen molar-refractivity contribution in [2.75, 3.05) is 0 Å². The molecule has 0 unspecified atom stereocenters. The van der Waals surface area contributed by atoms with Crippen molar-refractivity contribution in [1.29, 1.82) is 0 Å². The summed E-state index contributed by atoms with van der Waals surface area (Å²) in [5.74, 6) is 0.926. The number of nitrogens with zero attached hydrogens (tertiary/aromatic N) is 1. The van der Waals surface area contributed by atoms with Gasteiger partial charge in [-0.25, -0.2) is 4.79 Å². The van der Waals surface area contributed by atoms with Crippen LogP contribution < -0.4 is 10.1 Å². The third-order valence-electron chi connectivity index (χ3n) is 5.14. The molecule has 3 atom stereocenters. The third-order valence-corrected chi connectivity index (χ3v) is 5.76. The Morgan fingerprint density at radius 2 is 2.07 bits per heavy atom. The molecule has 150 valence electrons. The number of nitrogens with one attached hydrogen (secondary N) is 1. The number of amides is 1. The lowest BCUT2D eigenvalue weighted by Crippen LogP contribution is -2.45. The summed E-state index contributed by atoms with van der Waals surface area (Å²) in [7, 11) is 0. The molecule has 3 rings (SSSR count). The summed E-state index contributed by atoms with van der Waals surface area (Å²) >= 11 is 3.63. The maximum atomic E-state index is 12.2. The number of hydrogen-bond acceptors (Lipinski definition) is 4. The SMILES string of the molecule is CC(C)Oc1c(Br)cccc1CN1[C@@H]2CC[C@H]1[C@@H](NC(=O)OC(C)(C)C)C2. The van der Waals surface area contributed by atoms with Crippen LogP contribution in [0.25, 0.3) is 0 Å². The molecule has 0 radical (unpaired) electrons. The summed E-state index contributed by atoms with van der Waals surface area (Å²) in [5, 5.41) is 3.10. The second-order valence-corrected chi connectivity index (χ2v) is 9.71. The zero-order chi connectivity index (χ0) is 19.8. The molecule has 1 N–H and O–H groups in total. The van der Waals surface area contributed by atoms with E-state index < -0.39 is 5.60 Å². The highest BCUT2D eigenvalue weighted by atomic mass is 79.9. The molecule has 0 saturated carbocycles. The molecule has 0 aromatic heterocycles. The van der Waals surface area contributed by atoms with E-state index in [1.807, 2.05) is 40.7 Å². The number of carbonyl (C=O) groups excluding carboxylic acids is 1. The molecule has 6 heteroatoms. The molecule has 1 amide bonds. The van der Waals surface area contributed by atoms with E-state index in [2.05, 4.69) is 38.3 Å². The minimum Gasteiger partial charge on any atom is -0.489 e. The highest BCUT2D eigenvalue weighted by Crippen LogP contribution is 2.41. The Hall–Kier alpha value is -1.27. The molecule has 2 aliphatic rings. The van der Waals surface area contributed by atoms with Gasteiger partial charge in [-0.1, -0.05) is 12.1 Å². The molecule has 1 aromatic carbocycles. The molecule has 1 aromatic rings. The summed E-state index contributed by atoms with van der Waals surface area (Å²) in [6.45, 7) is 10.6. The number of carbonyl (C=O) groups is 1. The fourth-order valence-corrected chi connectivity index (χ4v) is 4.70. The number of benzene rings is 1. The predicted molar refractivity (Wildman–Crippen MR) is 110 cm³/mol. The first-order valence-corrected chi connectivity index (χ1v) is 10.6. The number of ether oxygens (including phenoxy) is 2. The molecule has 2 saturated heterocycles. The van der Waals surface area contributed by atoms with Crippen molar-refractivity contribution < 1.29 is 14.3 Å².